The van der Waals surface area contributed by atoms with Crippen molar-refractivity contribution in [1.82, 2.24) is 0 Å². The van der Waals surface area contributed by atoms with E-state index in [1.807, 2.05) is 30.3 Å². The predicted octanol–water partition coefficient (Wildman–Crippen LogP) is 2.78. The van der Waals surface area contributed by atoms with E-state index in [1.54, 1.807) is 6.07 Å². The summed E-state index contributed by atoms with van der Waals surface area (Å²) in [6.45, 7) is 0. The van der Waals surface area contributed by atoms with Crippen LogP contribution in [0.25, 0.3) is 10.4 Å². The number of hydrogen-bond donors (Lipinski definition) is 1. The van der Waals surface area contributed by atoms with Crippen molar-refractivity contribution < 1.29 is 18.3 Å². The molecule has 1 unspecified atom stereocenters. The van der Waals surface area contributed by atoms with Gasteiger partial charge in [0.2, 0.25) is 0 Å². The van der Waals surface area contributed by atoms with Gasteiger partial charge in [0.25, 0.3) is 0 Å². The van der Waals surface area contributed by atoms with Gasteiger partial charge in [-0.05, 0) is 11.6 Å². The van der Waals surface area contributed by atoms with E-state index >= 15 is 0 Å². The molecule has 94 valence electrons. The monoisotopic (exact) mass is 282 g/mol. The molecule has 1 aromatic heterocycles. The summed E-state index contributed by atoms with van der Waals surface area (Å²) in [7, 11) is 1.24. The van der Waals surface area contributed by atoms with Crippen LogP contribution in [0.1, 0.15) is 9.67 Å². The van der Waals surface area contributed by atoms with Crippen LogP contribution in [0.4, 0.5) is 0 Å². The molecule has 18 heavy (non-hydrogen) atoms. The highest BCUT2D eigenvalue weighted by Gasteiger charge is 2.20. The SMILES string of the molecule is COC(=O)c1sc(-c2ccccc2)cc1S(=O)O. The van der Waals surface area contributed by atoms with Gasteiger partial charge in [-0.1, -0.05) is 30.3 Å². The predicted molar refractivity (Wildman–Crippen MR) is 70.1 cm³/mol. The van der Waals surface area contributed by atoms with Crippen molar-refractivity contribution >= 4 is 28.4 Å². The van der Waals surface area contributed by atoms with Crippen molar-refractivity contribution in [3.05, 3.63) is 41.3 Å². The molecule has 0 fully saturated rings. The average molecular weight is 282 g/mol. The van der Waals surface area contributed by atoms with Gasteiger partial charge in [0.15, 0.2) is 11.1 Å². The summed E-state index contributed by atoms with van der Waals surface area (Å²) in [5.74, 6) is -0.598. The van der Waals surface area contributed by atoms with Crippen LogP contribution in [0.3, 0.4) is 0 Å². The van der Waals surface area contributed by atoms with Gasteiger partial charge in [0.1, 0.15) is 4.88 Å². The highest BCUT2D eigenvalue weighted by Crippen LogP contribution is 2.33. The number of thiophene rings is 1. The number of ether oxygens (including phenoxy) is 1. The minimum atomic E-state index is -2.21. The largest absolute Gasteiger partial charge is 0.465 e. The molecule has 0 radical (unpaired) electrons. The Kier molecular flexibility index (Phi) is 3.90. The molecule has 0 aliphatic heterocycles. The Morgan fingerprint density at radius 2 is 2.00 bits per heavy atom. The van der Waals surface area contributed by atoms with Crippen LogP contribution < -0.4 is 0 Å². The number of carbonyl (C=O) groups is 1. The van der Waals surface area contributed by atoms with Crippen LogP contribution in [-0.2, 0) is 15.8 Å². The summed E-state index contributed by atoms with van der Waals surface area (Å²) < 4.78 is 25.0. The van der Waals surface area contributed by atoms with Gasteiger partial charge in [-0.15, -0.1) is 11.3 Å². The van der Waals surface area contributed by atoms with Crippen molar-refractivity contribution in [2.75, 3.05) is 7.11 Å². The van der Waals surface area contributed by atoms with E-state index < -0.39 is 17.0 Å². The first-order valence-electron chi connectivity index (χ1n) is 5.02. The second-order valence-electron chi connectivity index (χ2n) is 3.41. The molecule has 0 spiro atoms. The smallest absolute Gasteiger partial charge is 0.349 e. The third-order valence-electron chi connectivity index (χ3n) is 2.32. The first kappa shape index (κ1) is 12.9. The van der Waals surface area contributed by atoms with E-state index in [2.05, 4.69) is 4.74 Å². The normalized spacial score (nSPS) is 12.1. The molecule has 0 aliphatic carbocycles. The lowest BCUT2D eigenvalue weighted by atomic mass is 10.2. The number of rotatable bonds is 3. The second kappa shape index (κ2) is 5.43. The lowest BCUT2D eigenvalue weighted by molar-refractivity contribution is 0.0602. The van der Waals surface area contributed by atoms with E-state index in [4.69, 9.17) is 0 Å². The van der Waals surface area contributed by atoms with Crippen LogP contribution in [-0.4, -0.2) is 21.8 Å². The van der Waals surface area contributed by atoms with Crippen LogP contribution in [0.15, 0.2) is 41.3 Å². The minimum absolute atomic E-state index is 0.0886. The maximum Gasteiger partial charge on any atom is 0.349 e. The molecular formula is C12H10O4S2. The van der Waals surface area contributed by atoms with Crippen LogP contribution in [0.2, 0.25) is 0 Å². The van der Waals surface area contributed by atoms with Crippen LogP contribution in [0, 0.1) is 0 Å². The van der Waals surface area contributed by atoms with E-state index in [9.17, 15) is 13.6 Å². The van der Waals surface area contributed by atoms with Gasteiger partial charge >= 0.3 is 5.97 Å². The van der Waals surface area contributed by atoms with Crippen LogP contribution in [0.5, 0.6) is 0 Å². The molecule has 1 aromatic carbocycles. The molecule has 2 aromatic rings. The fourth-order valence-electron chi connectivity index (χ4n) is 1.48. The molecular weight excluding hydrogens is 272 g/mol. The van der Waals surface area contributed by atoms with Gasteiger partial charge in [-0.2, -0.15) is 0 Å². The first-order valence-corrected chi connectivity index (χ1v) is 6.94. The third kappa shape index (κ3) is 2.50. The molecule has 1 heterocycles. The average Bonchev–Trinajstić information content (AvgIpc) is 2.84. The Morgan fingerprint density at radius 3 is 2.56 bits per heavy atom. The molecule has 2 rings (SSSR count). The van der Waals surface area contributed by atoms with Crippen LogP contribution >= 0.6 is 11.3 Å². The zero-order valence-electron chi connectivity index (χ0n) is 9.45. The summed E-state index contributed by atoms with van der Waals surface area (Å²) in [4.78, 5) is 12.5. The first-order chi connectivity index (χ1) is 8.63. The molecule has 0 saturated carbocycles. The van der Waals surface area contributed by atoms with Gasteiger partial charge in [0, 0.05) is 4.88 Å². The fraction of sp³-hybridized carbons (Fsp3) is 0.0833. The molecule has 1 N–H and O–H groups in total. The van der Waals surface area contributed by atoms with Gasteiger partial charge in [-0.3, -0.25) is 0 Å². The molecule has 6 heteroatoms. The fourth-order valence-corrected chi connectivity index (χ4v) is 3.33. The van der Waals surface area contributed by atoms with E-state index in [0.717, 1.165) is 21.8 Å². The summed E-state index contributed by atoms with van der Waals surface area (Å²) in [5.41, 5.74) is 0.893. The zero-order chi connectivity index (χ0) is 13.1. The Hall–Kier alpha value is -1.50. The molecule has 0 bridgehead atoms. The second-order valence-corrected chi connectivity index (χ2v) is 5.40. The van der Waals surface area contributed by atoms with E-state index in [0.29, 0.717) is 0 Å². The van der Waals surface area contributed by atoms with Gasteiger partial charge in [0.05, 0.1) is 12.0 Å². The topological polar surface area (TPSA) is 63.6 Å². The summed E-state index contributed by atoms with van der Waals surface area (Å²) in [5, 5.41) is 0. The van der Waals surface area contributed by atoms with E-state index in [-0.39, 0.29) is 9.77 Å². The lowest BCUT2D eigenvalue weighted by Crippen LogP contribution is -2.02. The number of esters is 1. The van der Waals surface area contributed by atoms with Crippen molar-refractivity contribution in [3.63, 3.8) is 0 Å². The highest BCUT2D eigenvalue weighted by atomic mass is 32.2. The summed E-state index contributed by atoms with van der Waals surface area (Å²) in [6.07, 6.45) is 0. The van der Waals surface area contributed by atoms with Gasteiger partial charge < -0.3 is 9.29 Å². The Balaban J connectivity index is 2.53. The maximum absolute atomic E-state index is 11.5. The van der Waals surface area contributed by atoms with Crippen molar-refractivity contribution in [2.45, 2.75) is 4.90 Å². The summed E-state index contributed by atoms with van der Waals surface area (Å²) in [6, 6.07) is 10.9. The standard InChI is InChI=1S/C12H10O4S2/c1-16-12(13)11-10(18(14)15)7-9(17-11)8-5-3-2-4-6-8/h2-7H,1H3,(H,14,15). The quantitative estimate of drug-likeness (QED) is 0.694. The number of hydrogen-bond acceptors (Lipinski definition) is 4. The third-order valence-corrected chi connectivity index (χ3v) is 4.31. The Bertz CT molecular complexity index is 589. The van der Waals surface area contributed by atoms with Crippen molar-refractivity contribution in [1.29, 1.82) is 0 Å². The maximum atomic E-state index is 11.5. The minimum Gasteiger partial charge on any atom is -0.465 e. The number of benzene rings is 1. The van der Waals surface area contributed by atoms with Crippen molar-refractivity contribution in [3.8, 4) is 10.4 Å². The Morgan fingerprint density at radius 1 is 1.33 bits per heavy atom. The number of carbonyl (C=O) groups excluding carboxylic acids is 1. The molecule has 1 atom stereocenters. The molecule has 0 saturated heterocycles. The molecule has 0 aliphatic rings. The van der Waals surface area contributed by atoms with Gasteiger partial charge in [-0.25, -0.2) is 9.00 Å². The molecule has 0 amide bonds. The van der Waals surface area contributed by atoms with E-state index in [1.165, 1.54) is 7.11 Å². The number of methoxy groups -OCH3 is 1. The summed E-state index contributed by atoms with van der Waals surface area (Å²) >= 11 is -1.06. The lowest BCUT2D eigenvalue weighted by Gasteiger charge is -1.96. The Labute approximate surface area is 111 Å². The highest BCUT2D eigenvalue weighted by molar-refractivity contribution is 7.79. The molecule has 4 nitrogen and oxygen atoms in total. The van der Waals surface area contributed by atoms with Crippen molar-refractivity contribution in [2.24, 2.45) is 0 Å². The zero-order valence-corrected chi connectivity index (χ0v) is 11.1.